The van der Waals surface area contributed by atoms with E-state index in [-0.39, 0.29) is 0 Å². The number of hydrogen-bond donors (Lipinski definition) is 0. The van der Waals surface area contributed by atoms with Crippen LogP contribution in [0, 0.1) is 20.8 Å². The molecule has 3 aromatic rings. The molecule has 0 radical (unpaired) electrons. The molecule has 146 valence electrons. The summed E-state index contributed by atoms with van der Waals surface area (Å²) >= 11 is 0. The second kappa shape index (κ2) is 7.21. The molecule has 2 aromatic carbocycles. The number of pyridine rings is 1. The molecule has 1 saturated heterocycles. The Balaban J connectivity index is 1.98. The summed E-state index contributed by atoms with van der Waals surface area (Å²) in [5, 5.41) is 0.923. The first-order valence-corrected chi connectivity index (χ1v) is 11.3. The van der Waals surface area contributed by atoms with E-state index in [9.17, 15) is 8.42 Å². The minimum Gasteiger partial charge on any atom is -0.370 e. The summed E-state index contributed by atoms with van der Waals surface area (Å²) in [5.74, 6) is 0. The van der Waals surface area contributed by atoms with Crippen LogP contribution in [0.4, 0.5) is 5.69 Å². The van der Waals surface area contributed by atoms with Gasteiger partial charge in [-0.15, -0.1) is 0 Å². The fourth-order valence-electron chi connectivity index (χ4n) is 3.92. The van der Waals surface area contributed by atoms with Crippen LogP contribution >= 0.6 is 0 Å². The monoisotopic (exact) mass is 394 g/mol. The van der Waals surface area contributed by atoms with Crippen molar-refractivity contribution < 1.29 is 8.42 Å². The minimum atomic E-state index is -3.67. The van der Waals surface area contributed by atoms with Gasteiger partial charge in [0.2, 0.25) is 9.84 Å². The van der Waals surface area contributed by atoms with Gasteiger partial charge in [0.15, 0.2) is 0 Å². The van der Waals surface area contributed by atoms with Gasteiger partial charge in [-0.1, -0.05) is 17.7 Å². The summed E-state index contributed by atoms with van der Waals surface area (Å²) in [4.78, 5) is 7.39. The zero-order valence-corrected chi connectivity index (χ0v) is 17.5. The second-order valence-electron chi connectivity index (χ2n) is 7.79. The van der Waals surface area contributed by atoms with Crippen LogP contribution in [-0.4, -0.2) is 26.5 Å². The topological polar surface area (TPSA) is 50.3 Å². The number of fused-ring (bicyclic) bond motifs is 1. The van der Waals surface area contributed by atoms with Crippen LogP contribution in [-0.2, 0) is 9.84 Å². The van der Waals surface area contributed by atoms with E-state index < -0.39 is 9.84 Å². The highest BCUT2D eigenvalue weighted by molar-refractivity contribution is 7.91. The van der Waals surface area contributed by atoms with Crippen LogP contribution in [0.5, 0.6) is 0 Å². The van der Waals surface area contributed by atoms with Crippen molar-refractivity contribution in [3.05, 3.63) is 59.3 Å². The van der Waals surface area contributed by atoms with E-state index in [0.717, 1.165) is 59.2 Å². The van der Waals surface area contributed by atoms with Gasteiger partial charge in [-0.2, -0.15) is 0 Å². The van der Waals surface area contributed by atoms with E-state index in [4.69, 9.17) is 0 Å². The third-order valence-corrected chi connectivity index (χ3v) is 7.46. The van der Waals surface area contributed by atoms with Gasteiger partial charge in [0.05, 0.1) is 16.1 Å². The Kier molecular flexibility index (Phi) is 4.88. The molecule has 5 heteroatoms. The minimum absolute atomic E-state index is 0.316. The first-order valence-electron chi connectivity index (χ1n) is 9.84. The Morgan fingerprint density at radius 3 is 2.36 bits per heavy atom. The molecule has 4 rings (SSSR count). The lowest BCUT2D eigenvalue weighted by molar-refractivity contribution is 0.571. The maximum absolute atomic E-state index is 13.6. The summed E-state index contributed by atoms with van der Waals surface area (Å²) in [5.41, 5.74) is 4.82. The van der Waals surface area contributed by atoms with Crippen LogP contribution in [0.1, 0.15) is 36.0 Å². The first-order chi connectivity index (χ1) is 13.4. The number of nitrogens with zero attached hydrogens (tertiary/aromatic N) is 2. The molecule has 1 aliphatic rings. The Hall–Kier alpha value is -2.40. The summed E-state index contributed by atoms with van der Waals surface area (Å²) in [6.45, 7) is 7.72. The number of hydrogen-bond acceptors (Lipinski definition) is 4. The number of piperidine rings is 1. The summed E-state index contributed by atoms with van der Waals surface area (Å²) in [6.07, 6.45) is 4.90. The zero-order chi connectivity index (χ0) is 19.9. The fourth-order valence-corrected chi connectivity index (χ4v) is 5.44. The van der Waals surface area contributed by atoms with E-state index in [0.29, 0.717) is 9.79 Å². The normalized spacial score (nSPS) is 15.2. The van der Waals surface area contributed by atoms with Gasteiger partial charge >= 0.3 is 0 Å². The number of aryl methyl sites for hydroxylation is 3. The van der Waals surface area contributed by atoms with Crippen molar-refractivity contribution in [1.82, 2.24) is 4.98 Å². The summed E-state index contributed by atoms with van der Waals surface area (Å²) in [6, 6.07) is 11.4. The summed E-state index contributed by atoms with van der Waals surface area (Å²) < 4.78 is 27.2. The number of aromatic nitrogens is 1. The van der Waals surface area contributed by atoms with Crippen LogP contribution in [0.25, 0.3) is 10.9 Å². The van der Waals surface area contributed by atoms with E-state index in [1.807, 2.05) is 39.0 Å². The maximum Gasteiger partial charge on any atom is 0.210 e. The molecule has 0 N–H and O–H groups in total. The lowest BCUT2D eigenvalue weighted by Gasteiger charge is -2.31. The zero-order valence-electron chi connectivity index (χ0n) is 16.7. The first kappa shape index (κ1) is 18.9. The van der Waals surface area contributed by atoms with Gasteiger partial charge < -0.3 is 4.90 Å². The highest BCUT2D eigenvalue weighted by Gasteiger charge is 2.27. The van der Waals surface area contributed by atoms with Gasteiger partial charge in [0.25, 0.3) is 0 Å². The Morgan fingerprint density at radius 1 is 0.893 bits per heavy atom. The van der Waals surface area contributed by atoms with Gasteiger partial charge in [-0.25, -0.2) is 8.42 Å². The molecule has 0 unspecified atom stereocenters. The highest BCUT2D eigenvalue weighted by Crippen LogP contribution is 2.37. The molecule has 1 aromatic heterocycles. The molecule has 0 spiro atoms. The van der Waals surface area contributed by atoms with Crippen LogP contribution in [0.15, 0.2) is 52.4 Å². The number of benzene rings is 2. The third-order valence-electron chi connectivity index (χ3n) is 5.71. The van der Waals surface area contributed by atoms with E-state index in [1.165, 1.54) is 6.42 Å². The van der Waals surface area contributed by atoms with Gasteiger partial charge in [0, 0.05) is 24.7 Å². The van der Waals surface area contributed by atoms with Gasteiger partial charge in [-0.05, 0) is 75.4 Å². The average Bonchev–Trinajstić information content (AvgIpc) is 2.69. The third kappa shape index (κ3) is 3.28. The molecule has 2 heterocycles. The van der Waals surface area contributed by atoms with Crippen molar-refractivity contribution in [2.24, 2.45) is 0 Å². The summed E-state index contributed by atoms with van der Waals surface area (Å²) in [7, 11) is -3.67. The molecule has 1 fully saturated rings. The molecule has 28 heavy (non-hydrogen) atoms. The number of anilines is 1. The average molecular weight is 395 g/mol. The molecule has 0 atom stereocenters. The smallest absolute Gasteiger partial charge is 0.210 e. The van der Waals surface area contributed by atoms with Gasteiger partial charge in [0.1, 0.15) is 4.90 Å². The highest BCUT2D eigenvalue weighted by atomic mass is 32.2. The molecule has 0 amide bonds. The van der Waals surface area contributed by atoms with Crippen molar-refractivity contribution in [1.29, 1.82) is 0 Å². The SMILES string of the molecule is Cc1ccc2ncc(S(=O)(=O)c3ccc(C)c(C)c3)c(N3CCCCC3)c2c1. The predicted octanol–water partition coefficient (Wildman–Crippen LogP) is 4.98. The van der Waals surface area contributed by atoms with E-state index in [1.54, 1.807) is 18.3 Å². The molecule has 1 aliphatic heterocycles. The van der Waals surface area contributed by atoms with Crippen LogP contribution in [0.3, 0.4) is 0 Å². The Labute approximate surface area is 167 Å². The molecule has 0 saturated carbocycles. The van der Waals surface area contributed by atoms with E-state index >= 15 is 0 Å². The largest absolute Gasteiger partial charge is 0.370 e. The Morgan fingerprint density at radius 2 is 1.64 bits per heavy atom. The van der Waals surface area contributed by atoms with Crippen molar-refractivity contribution in [2.45, 2.75) is 49.8 Å². The van der Waals surface area contributed by atoms with Crippen LogP contribution in [0.2, 0.25) is 0 Å². The molecule has 0 aliphatic carbocycles. The van der Waals surface area contributed by atoms with Crippen molar-refractivity contribution in [3.63, 3.8) is 0 Å². The lowest BCUT2D eigenvalue weighted by atomic mass is 10.1. The van der Waals surface area contributed by atoms with Crippen LogP contribution < -0.4 is 4.90 Å². The quantitative estimate of drug-likeness (QED) is 0.628. The van der Waals surface area contributed by atoms with E-state index in [2.05, 4.69) is 16.0 Å². The predicted molar refractivity (Wildman–Crippen MR) is 114 cm³/mol. The molecule has 0 bridgehead atoms. The second-order valence-corrected chi connectivity index (χ2v) is 9.71. The van der Waals surface area contributed by atoms with Gasteiger partial charge in [-0.3, -0.25) is 4.98 Å². The number of sulfone groups is 1. The van der Waals surface area contributed by atoms with Crippen molar-refractivity contribution >= 4 is 26.4 Å². The molecule has 4 nitrogen and oxygen atoms in total. The molecular formula is C23H26N2O2S. The standard InChI is InChI=1S/C23H26N2O2S/c1-16-7-10-21-20(13-16)23(25-11-5-4-6-12-25)22(15-24-21)28(26,27)19-9-8-17(2)18(3)14-19/h7-10,13-15H,4-6,11-12H2,1-3H3. The van der Waals surface area contributed by atoms with Crippen molar-refractivity contribution in [2.75, 3.05) is 18.0 Å². The Bertz CT molecular complexity index is 1150. The number of rotatable bonds is 3. The molecular weight excluding hydrogens is 368 g/mol. The van der Waals surface area contributed by atoms with Crippen molar-refractivity contribution in [3.8, 4) is 0 Å². The lowest BCUT2D eigenvalue weighted by Crippen LogP contribution is -2.31. The maximum atomic E-state index is 13.6. The fraction of sp³-hybridized carbons (Fsp3) is 0.348.